The first kappa shape index (κ1) is 11.0. The van der Waals surface area contributed by atoms with Crippen LogP contribution in [0.15, 0.2) is 18.2 Å². The molecular formula is C11H15FO2. The van der Waals surface area contributed by atoms with Crippen LogP contribution in [0.4, 0.5) is 4.39 Å². The number of phenols is 1. The van der Waals surface area contributed by atoms with Crippen LogP contribution in [0.2, 0.25) is 0 Å². The monoisotopic (exact) mass is 198 g/mol. The van der Waals surface area contributed by atoms with Crippen molar-refractivity contribution in [2.75, 3.05) is 0 Å². The van der Waals surface area contributed by atoms with Crippen LogP contribution < -0.4 is 0 Å². The summed E-state index contributed by atoms with van der Waals surface area (Å²) in [5.74, 6) is -0.680. The number of aromatic hydroxyl groups is 1. The maximum atomic E-state index is 13.0. The molecule has 0 aliphatic carbocycles. The van der Waals surface area contributed by atoms with E-state index in [1.807, 2.05) is 13.8 Å². The summed E-state index contributed by atoms with van der Waals surface area (Å²) in [6, 6.07) is 3.68. The van der Waals surface area contributed by atoms with E-state index in [4.69, 9.17) is 0 Å². The van der Waals surface area contributed by atoms with Crippen molar-refractivity contribution in [1.82, 2.24) is 0 Å². The molecule has 0 saturated heterocycles. The van der Waals surface area contributed by atoms with Gasteiger partial charge in [0.05, 0.1) is 5.60 Å². The van der Waals surface area contributed by atoms with Crippen molar-refractivity contribution >= 4 is 0 Å². The third-order valence-corrected chi connectivity index (χ3v) is 2.59. The molecule has 0 aliphatic heterocycles. The molecule has 0 unspecified atom stereocenters. The second kappa shape index (κ2) is 3.96. The Morgan fingerprint density at radius 2 is 1.79 bits per heavy atom. The fourth-order valence-corrected chi connectivity index (χ4v) is 1.50. The molecule has 1 aromatic carbocycles. The predicted molar refractivity (Wildman–Crippen MR) is 52.5 cm³/mol. The van der Waals surface area contributed by atoms with Crippen LogP contribution in [-0.4, -0.2) is 10.2 Å². The van der Waals surface area contributed by atoms with Crippen LogP contribution in [0.5, 0.6) is 5.75 Å². The Labute approximate surface area is 83.0 Å². The Morgan fingerprint density at radius 3 is 2.21 bits per heavy atom. The molecule has 1 rings (SSSR count). The normalized spacial score (nSPS) is 11.7. The molecule has 0 radical (unpaired) electrons. The number of benzene rings is 1. The van der Waals surface area contributed by atoms with E-state index in [9.17, 15) is 14.6 Å². The third-order valence-electron chi connectivity index (χ3n) is 2.59. The molecule has 0 spiro atoms. The number of hydrogen-bond donors (Lipinski definition) is 2. The van der Waals surface area contributed by atoms with Crippen LogP contribution in [0.25, 0.3) is 0 Å². The van der Waals surface area contributed by atoms with Crippen LogP contribution in [-0.2, 0) is 5.60 Å². The number of rotatable bonds is 3. The van der Waals surface area contributed by atoms with E-state index >= 15 is 0 Å². The Bertz CT molecular complexity index is 299. The maximum absolute atomic E-state index is 13.0. The van der Waals surface area contributed by atoms with Gasteiger partial charge in [-0.05, 0) is 30.5 Å². The number of hydrogen-bond acceptors (Lipinski definition) is 2. The number of aliphatic hydroxyl groups is 1. The summed E-state index contributed by atoms with van der Waals surface area (Å²) in [5, 5.41) is 19.3. The van der Waals surface area contributed by atoms with Crippen molar-refractivity contribution < 1.29 is 14.6 Å². The topological polar surface area (TPSA) is 40.5 Å². The van der Waals surface area contributed by atoms with Crippen molar-refractivity contribution in [3.05, 3.63) is 29.6 Å². The van der Waals surface area contributed by atoms with Crippen LogP contribution in [0, 0.1) is 5.82 Å². The lowest BCUT2D eigenvalue weighted by Gasteiger charge is -2.25. The summed E-state index contributed by atoms with van der Waals surface area (Å²) >= 11 is 0. The van der Waals surface area contributed by atoms with E-state index in [1.54, 1.807) is 0 Å². The molecule has 0 atom stereocenters. The molecule has 0 saturated carbocycles. The molecule has 14 heavy (non-hydrogen) atoms. The van der Waals surface area contributed by atoms with Gasteiger partial charge in [0.15, 0.2) is 0 Å². The van der Waals surface area contributed by atoms with E-state index in [-0.39, 0.29) is 5.75 Å². The van der Waals surface area contributed by atoms with Gasteiger partial charge in [-0.1, -0.05) is 13.8 Å². The van der Waals surface area contributed by atoms with Crippen LogP contribution >= 0.6 is 0 Å². The van der Waals surface area contributed by atoms with Gasteiger partial charge in [-0.15, -0.1) is 0 Å². The molecule has 0 aliphatic rings. The van der Waals surface area contributed by atoms with E-state index in [2.05, 4.69) is 0 Å². The van der Waals surface area contributed by atoms with Crippen molar-refractivity contribution in [3.8, 4) is 5.75 Å². The molecule has 0 aromatic heterocycles. The summed E-state index contributed by atoms with van der Waals surface area (Å²) in [6.45, 7) is 3.65. The van der Waals surface area contributed by atoms with E-state index in [0.717, 1.165) is 6.07 Å². The molecule has 2 nitrogen and oxygen atoms in total. The van der Waals surface area contributed by atoms with Gasteiger partial charge in [-0.3, -0.25) is 0 Å². The first-order valence-corrected chi connectivity index (χ1v) is 4.74. The molecule has 2 N–H and O–H groups in total. The zero-order valence-corrected chi connectivity index (χ0v) is 8.42. The minimum atomic E-state index is -1.04. The molecule has 0 bridgehead atoms. The minimum absolute atomic E-state index is 0.152. The van der Waals surface area contributed by atoms with Gasteiger partial charge >= 0.3 is 0 Å². The largest absolute Gasteiger partial charge is 0.508 e. The average molecular weight is 198 g/mol. The Kier molecular flexibility index (Phi) is 3.11. The Balaban J connectivity index is 3.17. The lowest BCUT2D eigenvalue weighted by Crippen LogP contribution is -2.23. The zero-order chi connectivity index (χ0) is 10.8. The minimum Gasteiger partial charge on any atom is -0.508 e. The molecule has 3 heteroatoms. The molecule has 0 fully saturated rings. The van der Waals surface area contributed by atoms with Gasteiger partial charge < -0.3 is 10.2 Å². The first-order chi connectivity index (χ1) is 6.51. The average Bonchev–Trinajstić information content (AvgIpc) is 2.15. The van der Waals surface area contributed by atoms with E-state index in [0.29, 0.717) is 18.4 Å². The molecular weight excluding hydrogens is 183 g/mol. The third kappa shape index (κ3) is 2.04. The fourth-order valence-electron chi connectivity index (χ4n) is 1.50. The van der Waals surface area contributed by atoms with Gasteiger partial charge in [0, 0.05) is 6.07 Å². The smallest absolute Gasteiger partial charge is 0.127 e. The van der Waals surface area contributed by atoms with Crippen molar-refractivity contribution in [2.45, 2.75) is 32.3 Å². The Hall–Kier alpha value is -1.09. The van der Waals surface area contributed by atoms with Gasteiger partial charge in [0.2, 0.25) is 0 Å². The number of halogens is 1. The van der Waals surface area contributed by atoms with E-state index in [1.165, 1.54) is 12.1 Å². The molecule has 78 valence electrons. The molecule has 0 heterocycles. The second-order valence-electron chi connectivity index (χ2n) is 3.44. The quantitative estimate of drug-likeness (QED) is 0.783. The molecule has 1 aromatic rings. The van der Waals surface area contributed by atoms with Crippen LogP contribution in [0.1, 0.15) is 32.3 Å². The standard InChI is InChI=1S/C11H15FO2/c1-3-11(14,4-2)8-5-9(12)7-10(13)6-8/h5-7,13-14H,3-4H2,1-2H3. The summed E-state index contributed by atoms with van der Waals surface area (Å²) in [4.78, 5) is 0. The molecule has 0 amide bonds. The van der Waals surface area contributed by atoms with Gasteiger partial charge in [0.1, 0.15) is 11.6 Å². The SMILES string of the molecule is CCC(O)(CC)c1cc(O)cc(F)c1. The summed E-state index contributed by atoms with van der Waals surface area (Å²) in [5.41, 5.74) is -0.612. The number of phenolic OH excluding ortho intramolecular Hbond substituents is 1. The highest BCUT2D eigenvalue weighted by Crippen LogP contribution is 2.31. The lowest BCUT2D eigenvalue weighted by atomic mass is 9.88. The van der Waals surface area contributed by atoms with Crippen LogP contribution in [0.3, 0.4) is 0 Å². The summed E-state index contributed by atoms with van der Waals surface area (Å²) in [7, 11) is 0. The predicted octanol–water partition coefficient (Wildman–Crippen LogP) is 2.54. The first-order valence-electron chi connectivity index (χ1n) is 4.74. The van der Waals surface area contributed by atoms with Crippen molar-refractivity contribution in [1.29, 1.82) is 0 Å². The summed E-state index contributed by atoms with van der Waals surface area (Å²) < 4.78 is 13.0. The zero-order valence-electron chi connectivity index (χ0n) is 8.42. The van der Waals surface area contributed by atoms with Gasteiger partial charge in [-0.2, -0.15) is 0 Å². The van der Waals surface area contributed by atoms with E-state index < -0.39 is 11.4 Å². The highest BCUT2D eigenvalue weighted by Gasteiger charge is 2.25. The van der Waals surface area contributed by atoms with Gasteiger partial charge in [0.25, 0.3) is 0 Å². The van der Waals surface area contributed by atoms with Crippen molar-refractivity contribution in [2.24, 2.45) is 0 Å². The lowest BCUT2D eigenvalue weighted by molar-refractivity contribution is 0.0279. The fraction of sp³-hybridized carbons (Fsp3) is 0.455. The summed E-state index contributed by atoms with van der Waals surface area (Å²) in [6.07, 6.45) is 0.985. The Morgan fingerprint density at radius 1 is 1.21 bits per heavy atom. The maximum Gasteiger partial charge on any atom is 0.127 e. The second-order valence-corrected chi connectivity index (χ2v) is 3.44. The highest BCUT2D eigenvalue weighted by atomic mass is 19.1. The van der Waals surface area contributed by atoms with Crippen molar-refractivity contribution in [3.63, 3.8) is 0 Å². The van der Waals surface area contributed by atoms with Gasteiger partial charge in [-0.25, -0.2) is 4.39 Å². The highest BCUT2D eigenvalue weighted by molar-refractivity contribution is 5.32.